The number of amides is 2. The summed E-state index contributed by atoms with van der Waals surface area (Å²) in [6.07, 6.45) is 1.03. The number of benzene rings is 2. The van der Waals surface area contributed by atoms with Crippen molar-refractivity contribution in [3.05, 3.63) is 70.9 Å². The fraction of sp³-hybridized carbons (Fsp3) is 0.200. The first-order valence-electron chi connectivity index (χ1n) is 8.48. The molecule has 6 nitrogen and oxygen atoms in total. The maximum absolute atomic E-state index is 11.9. The molecule has 0 bridgehead atoms. The number of carbonyl (C=O) groups is 2. The molecule has 2 aromatic carbocycles. The molecular formula is C20H20ClN3O3. The van der Waals surface area contributed by atoms with Crippen molar-refractivity contribution in [3.8, 4) is 0 Å². The van der Waals surface area contributed by atoms with Gasteiger partial charge in [0.15, 0.2) is 0 Å². The molecule has 1 aromatic heterocycles. The molecule has 0 spiro atoms. The van der Waals surface area contributed by atoms with Crippen LogP contribution in [-0.2, 0) is 23.2 Å². The van der Waals surface area contributed by atoms with Crippen molar-refractivity contribution >= 4 is 34.3 Å². The smallest absolute Gasteiger partial charge is 0.309 e. The van der Waals surface area contributed by atoms with Crippen LogP contribution in [0.3, 0.4) is 0 Å². The first kappa shape index (κ1) is 18.9. The highest BCUT2D eigenvalue weighted by atomic mass is 35.5. The summed E-state index contributed by atoms with van der Waals surface area (Å²) in [4.78, 5) is 23.8. The number of aryl methyl sites for hydroxylation is 1. The van der Waals surface area contributed by atoms with E-state index in [0.717, 1.165) is 16.5 Å². The topological polar surface area (TPSA) is 83.4 Å². The Morgan fingerprint density at radius 2 is 1.85 bits per heavy atom. The van der Waals surface area contributed by atoms with Gasteiger partial charge in [-0.15, -0.1) is 0 Å². The van der Waals surface area contributed by atoms with Gasteiger partial charge in [-0.25, -0.2) is 0 Å². The van der Waals surface area contributed by atoms with Crippen LogP contribution in [0.25, 0.3) is 10.9 Å². The van der Waals surface area contributed by atoms with Gasteiger partial charge in [0.2, 0.25) is 0 Å². The van der Waals surface area contributed by atoms with E-state index in [1.54, 1.807) is 30.3 Å². The normalized spacial score (nSPS) is 12.0. The molecule has 2 amide bonds. The van der Waals surface area contributed by atoms with Crippen molar-refractivity contribution in [1.82, 2.24) is 15.2 Å². The van der Waals surface area contributed by atoms with E-state index < -0.39 is 17.9 Å². The van der Waals surface area contributed by atoms with Crippen molar-refractivity contribution in [1.29, 1.82) is 0 Å². The lowest BCUT2D eigenvalue weighted by Gasteiger charge is -2.13. The lowest BCUT2D eigenvalue weighted by molar-refractivity contribution is -0.139. The van der Waals surface area contributed by atoms with Crippen LogP contribution >= 0.6 is 11.6 Å². The summed E-state index contributed by atoms with van der Waals surface area (Å²) in [7, 11) is 1.94. The molecule has 0 aliphatic carbocycles. The third kappa shape index (κ3) is 4.48. The van der Waals surface area contributed by atoms with E-state index in [2.05, 4.69) is 10.6 Å². The average Bonchev–Trinajstić information content (AvgIpc) is 3.05. The van der Waals surface area contributed by atoms with Crippen molar-refractivity contribution in [2.24, 2.45) is 7.05 Å². The number of carbonyl (C=O) groups excluding carboxylic acids is 2. The van der Waals surface area contributed by atoms with E-state index in [-0.39, 0.29) is 13.1 Å². The van der Waals surface area contributed by atoms with Crippen LogP contribution < -0.4 is 10.6 Å². The van der Waals surface area contributed by atoms with Gasteiger partial charge in [0, 0.05) is 36.9 Å². The zero-order chi connectivity index (χ0) is 19.4. The first-order valence-corrected chi connectivity index (χ1v) is 8.86. The van der Waals surface area contributed by atoms with Gasteiger partial charge in [-0.3, -0.25) is 9.59 Å². The molecule has 3 aromatic rings. The minimum Gasteiger partial charge on any atom is -0.387 e. The minimum atomic E-state index is -0.907. The zero-order valence-corrected chi connectivity index (χ0v) is 15.5. The van der Waals surface area contributed by atoms with E-state index in [1.165, 1.54) is 0 Å². The Kier molecular flexibility index (Phi) is 5.78. The summed E-state index contributed by atoms with van der Waals surface area (Å²) in [6, 6.07) is 14.6. The molecule has 140 valence electrons. The molecule has 0 fully saturated rings. The van der Waals surface area contributed by atoms with Gasteiger partial charge in [0.25, 0.3) is 0 Å². The summed E-state index contributed by atoms with van der Waals surface area (Å²) in [5.41, 5.74) is 2.44. The van der Waals surface area contributed by atoms with E-state index >= 15 is 0 Å². The van der Waals surface area contributed by atoms with Crippen LogP contribution in [0.15, 0.2) is 54.7 Å². The van der Waals surface area contributed by atoms with E-state index in [4.69, 9.17) is 11.6 Å². The van der Waals surface area contributed by atoms with Crippen molar-refractivity contribution in [3.63, 3.8) is 0 Å². The van der Waals surface area contributed by atoms with E-state index in [1.807, 2.05) is 36.0 Å². The molecule has 1 unspecified atom stereocenters. The number of aliphatic hydroxyl groups excluding tert-OH is 1. The maximum Gasteiger partial charge on any atom is 0.309 e. The lowest BCUT2D eigenvalue weighted by Crippen LogP contribution is -2.41. The Bertz CT molecular complexity index is 984. The molecule has 27 heavy (non-hydrogen) atoms. The standard InChI is InChI=1S/C20H20ClN3O3/c1-24-9-8-13-10-14(6-7-17(13)24)18(25)12-23-20(27)19(26)22-11-15-4-2-3-5-16(15)21/h2-10,18,25H,11-12H2,1H3,(H,22,26)(H,23,27). The van der Waals surface area contributed by atoms with Crippen LogP contribution in [0.4, 0.5) is 0 Å². The number of aliphatic hydroxyl groups is 1. The second-order valence-corrected chi connectivity index (χ2v) is 6.65. The van der Waals surface area contributed by atoms with Crippen LogP contribution in [-0.4, -0.2) is 28.0 Å². The van der Waals surface area contributed by atoms with Crippen molar-refractivity contribution < 1.29 is 14.7 Å². The number of nitrogens with zero attached hydrogens (tertiary/aromatic N) is 1. The quantitative estimate of drug-likeness (QED) is 0.589. The minimum absolute atomic E-state index is 0.0588. The predicted octanol–water partition coefficient (Wildman–Crippen LogP) is 2.30. The summed E-state index contributed by atoms with van der Waals surface area (Å²) in [5, 5.41) is 16.8. The predicted molar refractivity (Wildman–Crippen MR) is 104 cm³/mol. The van der Waals surface area contributed by atoms with Gasteiger partial charge in [-0.1, -0.05) is 35.9 Å². The Morgan fingerprint density at radius 1 is 1.11 bits per heavy atom. The van der Waals surface area contributed by atoms with Crippen LogP contribution in [0.2, 0.25) is 5.02 Å². The molecule has 0 aliphatic rings. The Labute approximate surface area is 161 Å². The molecule has 1 heterocycles. The van der Waals surface area contributed by atoms with Gasteiger partial charge >= 0.3 is 11.8 Å². The highest BCUT2D eigenvalue weighted by molar-refractivity contribution is 6.35. The SMILES string of the molecule is Cn1ccc2cc(C(O)CNC(=O)C(=O)NCc3ccccc3Cl)ccc21. The second-order valence-electron chi connectivity index (χ2n) is 6.24. The van der Waals surface area contributed by atoms with E-state index in [9.17, 15) is 14.7 Å². The Morgan fingerprint density at radius 3 is 2.63 bits per heavy atom. The zero-order valence-electron chi connectivity index (χ0n) is 14.8. The molecule has 7 heteroatoms. The third-order valence-corrected chi connectivity index (χ3v) is 4.72. The first-order chi connectivity index (χ1) is 13.0. The summed E-state index contributed by atoms with van der Waals surface area (Å²) < 4.78 is 1.98. The number of hydrogen-bond donors (Lipinski definition) is 3. The van der Waals surface area contributed by atoms with Gasteiger partial charge in [0.1, 0.15) is 0 Å². The number of hydrogen-bond acceptors (Lipinski definition) is 3. The van der Waals surface area contributed by atoms with Crippen LogP contribution in [0.1, 0.15) is 17.2 Å². The molecule has 0 aliphatic heterocycles. The third-order valence-electron chi connectivity index (χ3n) is 4.35. The number of fused-ring (bicyclic) bond motifs is 1. The largest absolute Gasteiger partial charge is 0.387 e. The fourth-order valence-corrected chi connectivity index (χ4v) is 2.99. The molecule has 0 saturated carbocycles. The lowest BCUT2D eigenvalue weighted by atomic mass is 10.1. The molecule has 1 atom stereocenters. The summed E-state index contributed by atoms with van der Waals surface area (Å²) in [5.74, 6) is -1.58. The summed E-state index contributed by atoms with van der Waals surface area (Å²) >= 11 is 6.01. The monoisotopic (exact) mass is 385 g/mol. The number of nitrogens with one attached hydrogen (secondary N) is 2. The Hall–Kier alpha value is -2.83. The average molecular weight is 386 g/mol. The summed E-state index contributed by atoms with van der Waals surface area (Å²) in [6.45, 7) is 0.0931. The molecule has 3 rings (SSSR count). The van der Waals surface area contributed by atoms with Gasteiger partial charge in [-0.05, 0) is 40.8 Å². The maximum atomic E-state index is 11.9. The van der Waals surface area contributed by atoms with Gasteiger partial charge in [-0.2, -0.15) is 0 Å². The van der Waals surface area contributed by atoms with Crippen molar-refractivity contribution in [2.45, 2.75) is 12.6 Å². The Balaban J connectivity index is 1.52. The highest BCUT2D eigenvalue weighted by Crippen LogP contribution is 2.20. The van der Waals surface area contributed by atoms with Gasteiger partial charge < -0.3 is 20.3 Å². The molecule has 0 radical (unpaired) electrons. The molecular weight excluding hydrogens is 366 g/mol. The fourth-order valence-electron chi connectivity index (χ4n) is 2.79. The number of halogens is 1. The van der Waals surface area contributed by atoms with Gasteiger partial charge in [0.05, 0.1) is 6.10 Å². The second kappa shape index (κ2) is 8.24. The molecule has 3 N–H and O–H groups in total. The van der Waals surface area contributed by atoms with Crippen molar-refractivity contribution in [2.75, 3.05) is 6.54 Å². The highest BCUT2D eigenvalue weighted by Gasteiger charge is 2.16. The number of aromatic nitrogens is 1. The van der Waals surface area contributed by atoms with E-state index in [0.29, 0.717) is 10.6 Å². The van der Waals surface area contributed by atoms with Crippen LogP contribution in [0.5, 0.6) is 0 Å². The number of rotatable bonds is 5. The molecule has 0 saturated heterocycles. The van der Waals surface area contributed by atoms with Crippen LogP contribution in [0, 0.1) is 0 Å².